The average Bonchev–Trinajstić information content (AvgIpc) is 2.87. The summed E-state index contributed by atoms with van der Waals surface area (Å²) in [7, 11) is 0. The summed E-state index contributed by atoms with van der Waals surface area (Å²) in [6.07, 6.45) is 4.14. The molecule has 1 atom stereocenters. The van der Waals surface area contributed by atoms with Crippen molar-refractivity contribution >= 4 is 33.1 Å². The number of rotatable bonds is 5. The number of hydrogen-bond acceptors (Lipinski definition) is 3. The summed E-state index contributed by atoms with van der Waals surface area (Å²) in [5, 5.41) is 5.65. The van der Waals surface area contributed by atoms with Gasteiger partial charge in [0.2, 0.25) is 0 Å². The minimum absolute atomic E-state index is 0.364. The number of halogens is 1. The number of aryl methyl sites for hydroxylation is 1. The molecule has 2 aromatic rings. The highest BCUT2D eigenvalue weighted by Gasteiger charge is 2.12. The summed E-state index contributed by atoms with van der Waals surface area (Å²) in [6, 6.07) is 6.73. The van der Waals surface area contributed by atoms with Crippen molar-refractivity contribution < 1.29 is 0 Å². The molecule has 0 fully saturated rings. The van der Waals surface area contributed by atoms with E-state index in [9.17, 15) is 0 Å². The van der Waals surface area contributed by atoms with Crippen LogP contribution in [0.5, 0.6) is 0 Å². The maximum Gasteiger partial charge on any atom is 0.126 e. The summed E-state index contributed by atoms with van der Waals surface area (Å²) in [5.74, 6) is 0.947. The quantitative estimate of drug-likeness (QED) is 0.820. The van der Waals surface area contributed by atoms with Crippen LogP contribution in [-0.2, 0) is 0 Å². The molecule has 0 aliphatic rings. The van der Waals surface area contributed by atoms with Gasteiger partial charge in [0.05, 0.1) is 6.04 Å². The predicted octanol–water partition coefficient (Wildman–Crippen LogP) is 5.17. The molecule has 1 unspecified atom stereocenters. The highest BCUT2D eigenvalue weighted by Crippen LogP contribution is 2.27. The van der Waals surface area contributed by atoms with Gasteiger partial charge in [-0.15, -0.1) is 11.3 Å². The molecular formula is C14H17BrN2S. The summed E-state index contributed by atoms with van der Waals surface area (Å²) in [6.45, 7) is 4.29. The number of nitrogens with zero attached hydrogens (tertiary/aromatic N) is 1. The van der Waals surface area contributed by atoms with Crippen LogP contribution in [0, 0.1) is 6.92 Å². The molecule has 0 saturated carbocycles. The highest BCUT2D eigenvalue weighted by atomic mass is 79.9. The molecule has 2 rings (SSSR count). The lowest BCUT2D eigenvalue weighted by Gasteiger charge is -2.17. The third-order valence-corrected chi connectivity index (χ3v) is 4.65. The van der Waals surface area contributed by atoms with Gasteiger partial charge in [0.15, 0.2) is 0 Å². The SMILES string of the molecule is CCCC(Nc1cc(C)c(Br)cn1)c1cccs1. The molecule has 2 heterocycles. The zero-order chi connectivity index (χ0) is 13.0. The average molecular weight is 325 g/mol. The topological polar surface area (TPSA) is 24.9 Å². The molecule has 0 aromatic carbocycles. The molecule has 96 valence electrons. The Balaban J connectivity index is 2.16. The lowest BCUT2D eigenvalue weighted by Crippen LogP contribution is -2.10. The van der Waals surface area contributed by atoms with Gasteiger partial charge in [-0.25, -0.2) is 4.98 Å². The van der Waals surface area contributed by atoms with Crippen molar-refractivity contribution in [2.24, 2.45) is 0 Å². The van der Waals surface area contributed by atoms with Crippen LogP contribution >= 0.6 is 27.3 Å². The molecule has 0 saturated heterocycles. The maximum absolute atomic E-state index is 4.42. The Kier molecular flexibility index (Phi) is 4.78. The molecule has 0 bridgehead atoms. The van der Waals surface area contributed by atoms with E-state index in [0.29, 0.717) is 6.04 Å². The van der Waals surface area contributed by atoms with Crippen LogP contribution in [0.25, 0.3) is 0 Å². The smallest absolute Gasteiger partial charge is 0.126 e. The van der Waals surface area contributed by atoms with Gasteiger partial charge in [-0.3, -0.25) is 0 Å². The van der Waals surface area contributed by atoms with Crippen LogP contribution in [0.2, 0.25) is 0 Å². The number of aromatic nitrogens is 1. The van der Waals surface area contributed by atoms with Gasteiger partial charge < -0.3 is 5.32 Å². The number of anilines is 1. The highest BCUT2D eigenvalue weighted by molar-refractivity contribution is 9.10. The molecule has 0 spiro atoms. The molecule has 0 amide bonds. The number of thiophene rings is 1. The van der Waals surface area contributed by atoms with Gasteiger partial charge in [-0.05, 0) is 52.4 Å². The van der Waals surface area contributed by atoms with Crippen molar-refractivity contribution in [1.82, 2.24) is 4.98 Å². The third-order valence-electron chi connectivity index (χ3n) is 2.83. The zero-order valence-corrected chi connectivity index (χ0v) is 13.0. The largest absolute Gasteiger partial charge is 0.362 e. The number of nitrogens with one attached hydrogen (secondary N) is 1. The monoisotopic (exact) mass is 324 g/mol. The molecular weight excluding hydrogens is 308 g/mol. The Morgan fingerprint density at radius 3 is 2.94 bits per heavy atom. The Labute approximate surface area is 121 Å². The Bertz CT molecular complexity index is 497. The summed E-state index contributed by atoms with van der Waals surface area (Å²) < 4.78 is 1.05. The second-order valence-electron chi connectivity index (χ2n) is 4.32. The van der Waals surface area contributed by atoms with Crippen LogP contribution in [0.1, 0.15) is 36.2 Å². The normalized spacial score (nSPS) is 12.4. The lowest BCUT2D eigenvalue weighted by molar-refractivity contribution is 0.684. The first-order valence-corrected chi connectivity index (χ1v) is 7.80. The van der Waals surface area contributed by atoms with E-state index >= 15 is 0 Å². The fraction of sp³-hybridized carbons (Fsp3) is 0.357. The third kappa shape index (κ3) is 3.33. The number of pyridine rings is 1. The van der Waals surface area contributed by atoms with E-state index in [1.54, 1.807) is 11.3 Å². The van der Waals surface area contributed by atoms with E-state index < -0.39 is 0 Å². The molecule has 4 heteroatoms. The summed E-state index contributed by atoms with van der Waals surface area (Å²) in [4.78, 5) is 5.79. The van der Waals surface area contributed by atoms with Crippen molar-refractivity contribution in [3.8, 4) is 0 Å². The van der Waals surface area contributed by atoms with Crippen LogP contribution in [0.3, 0.4) is 0 Å². The van der Waals surface area contributed by atoms with Gasteiger partial charge >= 0.3 is 0 Å². The Hall–Kier alpha value is -0.870. The van der Waals surface area contributed by atoms with E-state index in [-0.39, 0.29) is 0 Å². The first-order chi connectivity index (χ1) is 8.70. The molecule has 0 radical (unpaired) electrons. The van der Waals surface area contributed by atoms with Gasteiger partial charge in [-0.2, -0.15) is 0 Å². The molecule has 2 aromatic heterocycles. The van der Waals surface area contributed by atoms with Gasteiger partial charge in [0.25, 0.3) is 0 Å². The van der Waals surface area contributed by atoms with Crippen LogP contribution in [0.4, 0.5) is 5.82 Å². The van der Waals surface area contributed by atoms with E-state index in [1.165, 1.54) is 10.4 Å². The van der Waals surface area contributed by atoms with Crippen LogP contribution in [-0.4, -0.2) is 4.98 Å². The minimum atomic E-state index is 0.364. The van der Waals surface area contributed by atoms with Crippen LogP contribution in [0.15, 0.2) is 34.2 Å². The van der Waals surface area contributed by atoms with Crippen molar-refractivity contribution in [1.29, 1.82) is 0 Å². The fourth-order valence-electron chi connectivity index (χ4n) is 1.86. The Morgan fingerprint density at radius 2 is 2.33 bits per heavy atom. The first-order valence-electron chi connectivity index (χ1n) is 6.12. The van der Waals surface area contributed by atoms with Gasteiger partial charge in [0.1, 0.15) is 5.82 Å². The van der Waals surface area contributed by atoms with E-state index in [1.807, 2.05) is 6.20 Å². The predicted molar refractivity (Wildman–Crippen MR) is 82.3 cm³/mol. The minimum Gasteiger partial charge on any atom is -0.362 e. The Morgan fingerprint density at radius 1 is 1.50 bits per heavy atom. The van der Waals surface area contributed by atoms with Crippen molar-refractivity contribution in [3.05, 3.63) is 44.7 Å². The van der Waals surface area contributed by atoms with E-state index in [4.69, 9.17) is 0 Å². The fourth-order valence-corrected chi connectivity index (χ4v) is 2.89. The van der Waals surface area contributed by atoms with Gasteiger partial charge in [-0.1, -0.05) is 19.4 Å². The van der Waals surface area contributed by atoms with Crippen molar-refractivity contribution in [2.45, 2.75) is 32.7 Å². The van der Waals surface area contributed by atoms with Crippen LogP contribution < -0.4 is 5.32 Å². The molecule has 1 N–H and O–H groups in total. The van der Waals surface area contributed by atoms with E-state index in [0.717, 1.165) is 23.1 Å². The lowest BCUT2D eigenvalue weighted by atomic mass is 10.1. The van der Waals surface area contributed by atoms with Gasteiger partial charge in [0, 0.05) is 15.5 Å². The maximum atomic E-state index is 4.42. The molecule has 18 heavy (non-hydrogen) atoms. The van der Waals surface area contributed by atoms with Crippen molar-refractivity contribution in [3.63, 3.8) is 0 Å². The molecule has 0 aliphatic carbocycles. The van der Waals surface area contributed by atoms with E-state index in [2.05, 4.69) is 63.7 Å². The summed E-state index contributed by atoms with van der Waals surface area (Å²) >= 11 is 5.27. The standard InChI is InChI=1S/C14H17BrN2S/c1-3-5-12(13-6-4-7-18-13)17-14-8-10(2)11(15)9-16-14/h4,6-9,12H,3,5H2,1-2H3,(H,16,17). The molecule has 0 aliphatic heterocycles. The summed E-state index contributed by atoms with van der Waals surface area (Å²) in [5.41, 5.74) is 1.20. The molecule has 2 nitrogen and oxygen atoms in total. The van der Waals surface area contributed by atoms with Crippen molar-refractivity contribution in [2.75, 3.05) is 5.32 Å². The number of hydrogen-bond donors (Lipinski definition) is 1. The second kappa shape index (κ2) is 6.34. The zero-order valence-electron chi connectivity index (χ0n) is 10.6. The second-order valence-corrected chi connectivity index (χ2v) is 6.15. The first kappa shape index (κ1) is 13.6.